The summed E-state index contributed by atoms with van der Waals surface area (Å²) in [5.74, 6) is -0.971. The monoisotopic (exact) mass is 363 g/mol. The Labute approximate surface area is 136 Å². The molecule has 2 N–H and O–H groups in total. The average Bonchev–Trinajstić information content (AvgIpc) is 2.49. The number of hydrogen-bond acceptors (Lipinski definition) is 3. The van der Waals surface area contributed by atoms with E-state index in [4.69, 9.17) is 4.74 Å². The van der Waals surface area contributed by atoms with Gasteiger partial charge in [0.05, 0.1) is 11.3 Å². The van der Waals surface area contributed by atoms with Crippen molar-refractivity contribution >= 4 is 33.5 Å². The van der Waals surface area contributed by atoms with Crippen LogP contribution in [0, 0.1) is 0 Å². The first kappa shape index (κ1) is 16.0. The van der Waals surface area contributed by atoms with Crippen molar-refractivity contribution in [3.63, 3.8) is 0 Å². The summed E-state index contributed by atoms with van der Waals surface area (Å²) in [4.78, 5) is 23.3. The Bertz CT molecular complexity index is 688. The molecular weight excluding hydrogens is 350 g/mol. The molecule has 6 heteroatoms. The highest BCUT2D eigenvalue weighted by Gasteiger charge is 2.18. The molecule has 0 saturated carbocycles. The molecule has 0 fully saturated rings. The second-order valence-electron chi connectivity index (χ2n) is 4.56. The second kappa shape index (κ2) is 7.09. The van der Waals surface area contributed by atoms with E-state index in [0.29, 0.717) is 10.2 Å². The lowest BCUT2D eigenvalue weighted by atomic mass is 10.1. The molecule has 1 amide bonds. The first-order chi connectivity index (χ1) is 10.5. The predicted molar refractivity (Wildman–Crippen MR) is 86.3 cm³/mol. The summed E-state index contributed by atoms with van der Waals surface area (Å²) in [6.45, 7) is 1.60. The minimum absolute atomic E-state index is 0.00892. The van der Waals surface area contributed by atoms with Gasteiger partial charge >= 0.3 is 5.97 Å². The number of halogens is 1. The average molecular weight is 364 g/mol. The molecule has 0 aliphatic rings. The van der Waals surface area contributed by atoms with Gasteiger partial charge in [-0.3, -0.25) is 4.79 Å². The van der Waals surface area contributed by atoms with Gasteiger partial charge in [0.25, 0.3) is 5.91 Å². The molecule has 2 rings (SSSR count). The summed E-state index contributed by atoms with van der Waals surface area (Å²) in [6.07, 6.45) is -0.757. The van der Waals surface area contributed by atoms with Crippen LogP contribution in [0.1, 0.15) is 17.3 Å². The number of carboxylic acids is 1. The highest BCUT2D eigenvalue weighted by atomic mass is 79.9. The number of carboxylic acid groups (broad SMARTS) is 1. The molecule has 0 aliphatic heterocycles. The van der Waals surface area contributed by atoms with Crippen LogP contribution in [0.5, 0.6) is 5.75 Å². The third kappa shape index (κ3) is 4.08. The van der Waals surface area contributed by atoms with Crippen molar-refractivity contribution in [2.45, 2.75) is 13.0 Å². The Morgan fingerprint density at radius 1 is 1.18 bits per heavy atom. The summed E-state index contributed by atoms with van der Waals surface area (Å²) in [6, 6.07) is 13.6. The van der Waals surface area contributed by atoms with Crippen LogP contribution in [0.15, 0.2) is 53.0 Å². The van der Waals surface area contributed by atoms with Gasteiger partial charge in [0, 0.05) is 4.47 Å². The molecule has 0 aliphatic carbocycles. The number of carbonyl (C=O) groups excluding carboxylic acids is 1. The summed E-state index contributed by atoms with van der Waals surface area (Å²) in [5, 5.41) is 11.7. The van der Waals surface area contributed by atoms with E-state index in [0.717, 1.165) is 0 Å². The van der Waals surface area contributed by atoms with Gasteiger partial charge in [-0.25, -0.2) is 4.79 Å². The highest BCUT2D eigenvalue weighted by Crippen LogP contribution is 2.21. The number of rotatable bonds is 5. The number of aromatic carboxylic acids is 1. The normalized spacial score (nSPS) is 11.5. The van der Waals surface area contributed by atoms with Crippen LogP contribution in [0.4, 0.5) is 5.69 Å². The van der Waals surface area contributed by atoms with Crippen LogP contribution in [-0.4, -0.2) is 23.1 Å². The molecule has 2 aromatic rings. The third-order valence-corrected chi connectivity index (χ3v) is 3.39. The fraction of sp³-hybridized carbons (Fsp3) is 0.125. The van der Waals surface area contributed by atoms with Crippen molar-refractivity contribution in [3.05, 3.63) is 58.6 Å². The van der Waals surface area contributed by atoms with E-state index in [1.54, 1.807) is 37.3 Å². The summed E-state index contributed by atoms with van der Waals surface area (Å²) in [5.41, 5.74) is 0.235. The Kier molecular flexibility index (Phi) is 5.16. The van der Waals surface area contributed by atoms with E-state index >= 15 is 0 Å². The van der Waals surface area contributed by atoms with Crippen molar-refractivity contribution in [2.75, 3.05) is 5.32 Å². The zero-order valence-corrected chi connectivity index (χ0v) is 13.3. The first-order valence-corrected chi connectivity index (χ1v) is 7.32. The lowest BCUT2D eigenvalue weighted by Gasteiger charge is -2.15. The minimum Gasteiger partial charge on any atom is -0.481 e. The second-order valence-corrected chi connectivity index (χ2v) is 5.47. The van der Waals surface area contributed by atoms with Crippen LogP contribution in [-0.2, 0) is 4.79 Å². The summed E-state index contributed by atoms with van der Waals surface area (Å²) in [7, 11) is 0. The van der Waals surface area contributed by atoms with Gasteiger partial charge in [-0.2, -0.15) is 0 Å². The smallest absolute Gasteiger partial charge is 0.337 e. The maximum Gasteiger partial charge on any atom is 0.337 e. The molecule has 0 radical (unpaired) electrons. The van der Waals surface area contributed by atoms with Crippen molar-refractivity contribution in [3.8, 4) is 5.75 Å². The molecule has 114 valence electrons. The highest BCUT2D eigenvalue weighted by molar-refractivity contribution is 9.10. The van der Waals surface area contributed by atoms with Crippen molar-refractivity contribution < 1.29 is 19.4 Å². The zero-order valence-electron chi connectivity index (χ0n) is 11.7. The number of para-hydroxylation sites is 1. The largest absolute Gasteiger partial charge is 0.481 e. The van der Waals surface area contributed by atoms with Crippen molar-refractivity contribution in [1.29, 1.82) is 0 Å². The zero-order chi connectivity index (χ0) is 16.1. The minimum atomic E-state index is -1.12. The fourth-order valence-electron chi connectivity index (χ4n) is 1.79. The van der Waals surface area contributed by atoms with E-state index in [1.807, 2.05) is 6.07 Å². The Hall–Kier alpha value is -2.34. The third-order valence-electron chi connectivity index (χ3n) is 2.90. The van der Waals surface area contributed by atoms with Gasteiger partial charge in [0.1, 0.15) is 5.75 Å². The van der Waals surface area contributed by atoms with E-state index in [9.17, 15) is 14.7 Å². The van der Waals surface area contributed by atoms with Crippen LogP contribution < -0.4 is 10.1 Å². The molecule has 1 unspecified atom stereocenters. The standard InChI is InChI=1S/C16H14BrNO4/c1-10(22-12-5-3-2-4-6-12)15(19)18-14-8-7-11(17)9-13(14)16(20)21/h2-10H,1H3,(H,18,19)(H,20,21). The van der Waals surface area contributed by atoms with E-state index in [-0.39, 0.29) is 11.3 Å². The lowest BCUT2D eigenvalue weighted by Crippen LogP contribution is -2.30. The number of nitrogens with one attached hydrogen (secondary N) is 1. The van der Waals surface area contributed by atoms with Gasteiger partial charge in [0.15, 0.2) is 6.10 Å². The molecule has 0 heterocycles. The first-order valence-electron chi connectivity index (χ1n) is 6.53. The molecule has 0 bridgehead atoms. The van der Waals surface area contributed by atoms with E-state index < -0.39 is 18.0 Å². The van der Waals surface area contributed by atoms with Crippen LogP contribution in [0.25, 0.3) is 0 Å². The maximum absolute atomic E-state index is 12.1. The number of hydrogen-bond donors (Lipinski definition) is 2. The van der Waals surface area contributed by atoms with Gasteiger partial charge in [-0.1, -0.05) is 34.1 Å². The Morgan fingerprint density at radius 3 is 2.50 bits per heavy atom. The molecular formula is C16H14BrNO4. The van der Waals surface area contributed by atoms with E-state index in [2.05, 4.69) is 21.2 Å². The predicted octanol–water partition coefficient (Wildman–Crippen LogP) is 3.55. The molecule has 5 nitrogen and oxygen atoms in total. The maximum atomic E-state index is 12.1. The Balaban J connectivity index is 2.10. The Morgan fingerprint density at radius 2 is 1.86 bits per heavy atom. The van der Waals surface area contributed by atoms with Crippen LogP contribution >= 0.6 is 15.9 Å². The SMILES string of the molecule is CC(Oc1ccccc1)C(=O)Nc1ccc(Br)cc1C(=O)O. The number of benzene rings is 2. The van der Waals surface area contributed by atoms with Crippen LogP contribution in [0.3, 0.4) is 0 Å². The summed E-state index contributed by atoms with van der Waals surface area (Å²) < 4.78 is 6.13. The van der Waals surface area contributed by atoms with E-state index in [1.165, 1.54) is 12.1 Å². The topological polar surface area (TPSA) is 75.6 Å². The number of anilines is 1. The lowest BCUT2D eigenvalue weighted by molar-refractivity contribution is -0.122. The number of carbonyl (C=O) groups is 2. The fourth-order valence-corrected chi connectivity index (χ4v) is 2.15. The quantitative estimate of drug-likeness (QED) is 0.851. The van der Waals surface area contributed by atoms with Crippen molar-refractivity contribution in [2.24, 2.45) is 0 Å². The van der Waals surface area contributed by atoms with Gasteiger partial charge in [-0.15, -0.1) is 0 Å². The molecule has 22 heavy (non-hydrogen) atoms. The summed E-state index contributed by atoms with van der Waals surface area (Å²) >= 11 is 3.20. The molecule has 0 spiro atoms. The number of ether oxygens (including phenoxy) is 1. The van der Waals surface area contributed by atoms with Crippen molar-refractivity contribution in [1.82, 2.24) is 0 Å². The van der Waals surface area contributed by atoms with Gasteiger partial charge in [0.2, 0.25) is 0 Å². The van der Waals surface area contributed by atoms with Crippen LogP contribution in [0.2, 0.25) is 0 Å². The van der Waals surface area contributed by atoms with Gasteiger partial charge in [-0.05, 0) is 37.3 Å². The molecule has 2 aromatic carbocycles. The molecule has 0 saturated heterocycles. The molecule has 0 aromatic heterocycles. The molecule has 1 atom stereocenters. The van der Waals surface area contributed by atoms with Gasteiger partial charge < -0.3 is 15.2 Å². The number of amides is 1.